The zero-order valence-corrected chi connectivity index (χ0v) is 15.3. The predicted octanol–water partition coefficient (Wildman–Crippen LogP) is 5.27. The van der Waals surface area contributed by atoms with Crippen molar-refractivity contribution in [2.45, 2.75) is 17.6 Å². The lowest BCUT2D eigenvalue weighted by Crippen LogP contribution is -2.06. The Hall–Kier alpha value is -1.32. The van der Waals surface area contributed by atoms with Crippen molar-refractivity contribution < 1.29 is 9.53 Å². The van der Waals surface area contributed by atoms with Crippen LogP contribution in [0.2, 0.25) is 5.02 Å². The first-order chi connectivity index (χ1) is 11.1. The summed E-state index contributed by atoms with van der Waals surface area (Å²) < 4.78 is 5.87. The first-order valence-electron chi connectivity index (χ1n) is 7.10. The van der Waals surface area contributed by atoms with Gasteiger partial charge in [0.2, 0.25) is 0 Å². The molecule has 0 aliphatic heterocycles. The number of methoxy groups -OCH3 is 1. The van der Waals surface area contributed by atoms with E-state index < -0.39 is 0 Å². The molecule has 120 valence electrons. The number of rotatable bonds is 7. The SMILES string of the molecule is CCCSc1sc(C(=O)COC)c(-c2ccc(Cl)cc2)c1C#N. The molecule has 0 spiro atoms. The number of carbonyl (C=O) groups is 1. The molecule has 2 rings (SSSR count). The Bertz CT molecular complexity index is 732. The minimum absolute atomic E-state index is 0.00383. The third-order valence-corrected chi connectivity index (χ3v) is 6.05. The molecule has 1 aromatic carbocycles. The van der Waals surface area contributed by atoms with E-state index >= 15 is 0 Å². The molecule has 0 bridgehead atoms. The van der Waals surface area contributed by atoms with Crippen molar-refractivity contribution >= 4 is 40.5 Å². The molecule has 1 heterocycles. The fourth-order valence-corrected chi connectivity index (χ4v) is 4.57. The normalized spacial score (nSPS) is 10.5. The van der Waals surface area contributed by atoms with Crippen molar-refractivity contribution in [2.75, 3.05) is 19.5 Å². The number of ether oxygens (including phenoxy) is 1. The topological polar surface area (TPSA) is 50.1 Å². The summed E-state index contributed by atoms with van der Waals surface area (Å²) in [5.74, 6) is 0.801. The smallest absolute Gasteiger partial charge is 0.199 e. The molecule has 0 atom stereocenters. The summed E-state index contributed by atoms with van der Waals surface area (Å²) in [6.45, 7) is 2.09. The quantitative estimate of drug-likeness (QED) is 0.495. The Morgan fingerprint density at radius 2 is 2.09 bits per heavy atom. The molecule has 0 N–H and O–H groups in total. The number of hydrogen-bond donors (Lipinski definition) is 0. The van der Waals surface area contributed by atoms with Crippen molar-refractivity contribution in [1.29, 1.82) is 5.26 Å². The van der Waals surface area contributed by atoms with E-state index in [0.29, 0.717) is 21.0 Å². The van der Waals surface area contributed by atoms with Gasteiger partial charge in [-0.15, -0.1) is 23.1 Å². The largest absolute Gasteiger partial charge is 0.376 e. The van der Waals surface area contributed by atoms with Crippen molar-refractivity contribution in [3.8, 4) is 17.2 Å². The molecule has 0 fully saturated rings. The maximum atomic E-state index is 12.4. The van der Waals surface area contributed by atoms with Gasteiger partial charge >= 0.3 is 0 Å². The van der Waals surface area contributed by atoms with Gasteiger partial charge in [0.1, 0.15) is 12.7 Å². The number of hydrogen-bond acceptors (Lipinski definition) is 5. The molecule has 0 aliphatic carbocycles. The van der Waals surface area contributed by atoms with Crippen LogP contribution in [-0.4, -0.2) is 25.3 Å². The summed E-state index contributed by atoms with van der Waals surface area (Å²) >= 11 is 8.94. The number of nitriles is 1. The molecule has 2 aromatic rings. The minimum Gasteiger partial charge on any atom is -0.376 e. The highest BCUT2D eigenvalue weighted by Crippen LogP contribution is 2.42. The van der Waals surface area contributed by atoms with Crippen molar-refractivity contribution in [3.05, 3.63) is 39.7 Å². The van der Waals surface area contributed by atoms with Gasteiger partial charge in [0, 0.05) is 17.7 Å². The van der Waals surface area contributed by atoms with Crippen molar-refractivity contribution in [1.82, 2.24) is 0 Å². The van der Waals surface area contributed by atoms with Crippen LogP contribution in [0.15, 0.2) is 28.5 Å². The molecular formula is C17H16ClNO2S2. The number of Topliss-reactive ketones (excluding diaryl/α,β-unsaturated/α-hetero) is 1. The van der Waals surface area contributed by atoms with Crippen LogP contribution in [0.4, 0.5) is 0 Å². The molecule has 23 heavy (non-hydrogen) atoms. The average molecular weight is 366 g/mol. The Labute approximate surface area is 149 Å². The Morgan fingerprint density at radius 3 is 2.65 bits per heavy atom. The van der Waals surface area contributed by atoms with E-state index in [1.165, 1.54) is 18.4 Å². The van der Waals surface area contributed by atoms with Gasteiger partial charge in [-0.25, -0.2) is 0 Å². The van der Waals surface area contributed by atoms with E-state index in [0.717, 1.165) is 21.9 Å². The lowest BCUT2D eigenvalue weighted by molar-refractivity contribution is 0.0853. The lowest BCUT2D eigenvalue weighted by atomic mass is 10.0. The highest BCUT2D eigenvalue weighted by molar-refractivity contribution is 8.01. The average Bonchev–Trinajstić information content (AvgIpc) is 2.92. The fraction of sp³-hybridized carbons (Fsp3) is 0.294. The molecule has 0 aliphatic rings. The van der Waals surface area contributed by atoms with Gasteiger partial charge < -0.3 is 4.74 Å². The van der Waals surface area contributed by atoms with Crippen molar-refractivity contribution in [2.24, 2.45) is 0 Å². The minimum atomic E-state index is -0.109. The van der Waals surface area contributed by atoms with Gasteiger partial charge in [0.25, 0.3) is 0 Å². The second-order valence-corrected chi connectivity index (χ2v) is 7.61. The van der Waals surface area contributed by atoms with Gasteiger partial charge in [0.05, 0.1) is 14.6 Å². The first-order valence-corrected chi connectivity index (χ1v) is 9.28. The zero-order valence-electron chi connectivity index (χ0n) is 12.9. The number of halogens is 1. The summed E-state index contributed by atoms with van der Waals surface area (Å²) in [5, 5.41) is 10.2. The number of nitrogens with zero attached hydrogens (tertiary/aromatic N) is 1. The maximum absolute atomic E-state index is 12.4. The van der Waals surface area contributed by atoms with Gasteiger partial charge in [-0.3, -0.25) is 4.79 Å². The number of thiophene rings is 1. The standard InChI is InChI=1S/C17H16ClNO2S2/c1-3-8-22-17-13(9-19)15(11-4-6-12(18)7-5-11)16(23-17)14(20)10-21-2/h4-7H,3,8,10H2,1-2H3. The Kier molecular flexibility index (Phi) is 6.67. The van der Waals surface area contributed by atoms with E-state index in [2.05, 4.69) is 13.0 Å². The molecule has 1 aromatic heterocycles. The first kappa shape index (κ1) is 18.0. The van der Waals surface area contributed by atoms with Crippen LogP contribution in [0, 0.1) is 11.3 Å². The van der Waals surface area contributed by atoms with E-state index in [1.54, 1.807) is 23.9 Å². The summed E-state index contributed by atoms with van der Waals surface area (Å²) in [5.41, 5.74) is 2.08. The van der Waals surface area contributed by atoms with Crippen molar-refractivity contribution in [3.63, 3.8) is 0 Å². The zero-order chi connectivity index (χ0) is 16.8. The predicted molar refractivity (Wildman–Crippen MR) is 96.7 cm³/mol. The third-order valence-electron chi connectivity index (χ3n) is 3.09. The van der Waals surface area contributed by atoms with Crippen LogP contribution in [0.5, 0.6) is 0 Å². The van der Waals surface area contributed by atoms with Crippen LogP contribution in [0.25, 0.3) is 11.1 Å². The lowest BCUT2D eigenvalue weighted by Gasteiger charge is -2.04. The van der Waals surface area contributed by atoms with E-state index in [9.17, 15) is 10.1 Å². The van der Waals surface area contributed by atoms with Crippen LogP contribution in [-0.2, 0) is 4.74 Å². The fourth-order valence-electron chi connectivity index (χ4n) is 2.09. The van der Waals surface area contributed by atoms with Gasteiger partial charge in [-0.1, -0.05) is 30.7 Å². The molecule has 6 heteroatoms. The second-order valence-electron chi connectivity index (χ2n) is 4.79. The Morgan fingerprint density at radius 1 is 1.39 bits per heavy atom. The van der Waals surface area contributed by atoms with Crippen LogP contribution >= 0.6 is 34.7 Å². The van der Waals surface area contributed by atoms with Crippen LogP contribution in [0.1, 0.15) is 28.6 Å². The molecule has 0 radical (unpaired) electrons. The van der Waals surface area contributed by atoms with E-state index in [4.69, 9.17) is 16.3 Å². The number of carbonyl (C=O) groups excluding carboxylic acids is 1. The van der Waals surface area contributed by atoms with E-state index in [1.807, 2.05) is 12.1 Å². The molecule has 0 saturated heterocycles. The van der Waals surface area contributed by atoms with Gasteiger partial charge in [0.15, 0.2) is 5.78 Å². The molecule has 0 saturated carbocycles. The molecule has 0 unspecified atom stereocenters. The van der Waals surface area contributed by atoms with Crippen LogP contribution in [0.3, 0.4) is 0 Å². The molecule has 3 nitrogen and oxygen atoms in total. The number of thioether (sulfide) groups is 1. The summed E-state index contributed by atoms with van der Waals surface area (Å²) in [4.78, 5) is 13.0. The molecular weight excluding hydrogens is 350 g/mol. The highest BCUT2D eigenvalue weighted by atomic mass is 35.5. The second kappa shape index (κ2) is 8.51. The summed E-state index contributed by atoms with van der Waals surface area (Å²) in [6.07, 6.45) is 1.01. The van der Waals surface area contributed by atoms with Gasteiger partial charge in [-0.05, 0) is 29.9 Å². The van der Waals surface area contributed by atoms with E-state index in [-0.39, 0.29) is 12.4 Å². The third kappa shape index (κ3) is 4.15. The summed E-state index contributed by atoms with van der Waals surface area (Å²) in [7, 11) is 1.49. The van der Waals surface area contributed by atoms with Gasteiger partial charge in [-0.2, -0.15) is 5.26 Å². The van der Waals surface area contributed by atoms with Crippen LogP contribution < -0.4 is 0 Å². The Balaban J connectivity index is 2.60. The highest BCUT2D eigenvalue weighted by Gasteiger charge is 2.24. The monoisotopic (exact) mass is 365 g/mol. The maximum Gasteiger partial charge on any atom is 0.199 e. The number of ketones is 1. The summed E-state index contributed by atoms with van der Waals surface area (Å²) in [6, 6.07) is 9.47. The molecule has 0 amide bonds. The number of benzene rings is 1.